The molecule has 0 radical (unpaired) electrons. The highest BCUT2D eigenvalue weighted by Gasteiger charge is 2.25. The van der Waals surface area contributed by atoms with Crippen LogP contribution in [0.3, 0.4) is 0 Å². The summed E-state index contributed by atoms with van der Waals surface area (Å²) in [6.45, 7) is 5.95. The van der Waals surface area contributed by atoms with Crippen molar-refractivity contribution in [3.63, 3.8) is 0 Å². The third-order valence-corrected chi connectivity index (χ3v) is 4.22. The summed E-state index contributed by atoms with van der Waals surface area (Å²) < 4.78 is 0. The Morgan fingerprint density at radius 1 is 1.37 bits per heavy atom. The van der Waals surface area contributed by atoms with E-state index >= 15 is 0 Å². The summed E-state index contributed by atoms with van der Waals surface area (Å²) >= 11 is 1.62. The third kappa shape index (κ3) is 4.88. The highest BCUT2D eigenvalue weighted by atomic mass is 32.2. The predicted octanol–water partition coefficient (Wildman–Crippen LogP) is 2.56. The zero-order valence-electron chi connectivity index (χ0n) is 11.6. The zero-order chi connectivity index (χ0) is 13.7. The molecule has 2 rings (SSSR count). The predicted molar refractivity (Wildman–Crippen MR) is 80.3 cm³/mol. The number of amides is 1. The van der Waals surface area contributed by atoms with E-state index in [1.807, 2.05) is 6.92 Å². The van der Waals surface area contributed by atoms with Crippen molar-refractivity contribution in [1.29, 1.82) is 0 Å². The maximum absolute atomic E-state index is 11.9. The van der Waals surface area contributed by atoms with Gasteiger partial charge in [-0.1, -0.05) is 19.1 Å². The molecule has 2 N–H and O–H groups in total. The third-order valence-electron chi connectivity index (χ3n) is 3.11. The van der Waals surface area contributed by atoms with Gasteiger partial charge in [-0.25, -0.2) is 0 Å². The van der Waals surface area contributed by atoms with Crippen LogP contribution in [-0.4, -0.2) is 23.7 Å². The Morgan fingerprint density at radius 2 is 2.05 bits per heavy atom. The Kier molecular flexibility index (Phi) is 5.28. The molecular formula is C15H22N2OS. The van der Waals surface area contributed by atoms with Crippen LogP contribution in [0.1, 0.15) is 32.3 Å². The molecule has 1 atom stereocenters. The van der Waals surface area contributed by atoms with E-state index in [1.54, 1.807) is 11.8 Å². The molecule has 0 saturated heterocycles. The van der Waals surface area contributed by atoms with Gasteiger partial charge in [0.25, 0.3) is 0 Å². The van der Waals surface area contributed by atoms with Crippen molar-refractivity contribution in [2.45, 2.75) is 49.4 Å². The monoisotopic (exact) mass is 278 g/mol. The first kappa shape index (κ1) is 14.4. The topological polar surface area (TPSA) is 41.1 Å². The summed E-state index contributed by atoms with van der Waals surface area (Å²) in [5.74, 6) is 0.157. The molecule has 1 saturated carbocycles. The number of benzene rings is 1. The highest BCUT2D eigenvalue weighted by Crippen LogP contribution is 2.25. The second-order valence-corrected chi connectivity index (χ2v) is 6.38. The van der Waals surface area contributed by atoms with Crippen LogP contribution >= 0.6 is 11.8 Å². The quantitative estimate of drug-likeness (QED) is 0.753. The minimum Gasteiger partial charge on any atom is -0.352 e. The number of hydrogen-bond acceptors (Lipinski definition) is 3. The Morgan fingerprint density at radius 3 is 2.63 bits per heavy atom. The molecule has 1 aromatic rings. The minimum absolute atomic E-state index is 0.0276. The van der Waals surface area contributed by atoms with Crippen LogP contribution < -0.4 is 10.6 Å². The van der Waals surface area contributed by atoms with Gasteiger partial charge in [-0.05, 0) is 44.0 Å². The summed E-state index contributed by atoms with van der Waals surface area (Å²) in [5, 5.41) is 6.32. The first-order valence-electron chi connectivity index (χ1n) is 6.95. The molecule has 1 aliphatic carbocycles. The Balaban J connectivity index is 1.82. The largest absolute Gasteiger partial charge is 0.352 e. The first-order valence-corrected chi connectivity index (χ1v) is 7.83. The molecule has 1 amide bonds. The van der Waals surface area contributed by atoms with Crippen molar-refractivity contribution in [3.8, 4) is 0 Å². The molecule has 1 aliphatic rings. The van der Waals surface area contributed by atoms with Crippen LogP contribution in [0, 0.1) is 0 Å². The van der Waals surface area contributed by atoms with Gasteiger partial charge in [-0.3, -0.25) is 4.79 Å². The van der Waals surface area contributed by atoms with Crippen molar-refractivity contribution in [1.82, 2.24) is 10.6 Å². The number of hydrogen-bond donors (Lipinski definition) is 2. The average Bonchev–Trinajstić information content (AvgIpc) is 3.22. The summed E-state index contributed by atoms with van der Waals surface area (Å²) in [7, 11) is 0. The lowest BCUT2D eigenvalue weighted by Gasteiger charge is -2.11. The molecule has 4 heteroatoms. The molecule has 0 aliphatic heterocycles. The van der Waals surface area contributed by atoms with E-state index in [1.165, 1.54) is 5.56 Å². The molecule has 104 valence electrons. The van der Waals surface area contributed by atoms with Crippen LogP contribution in [-0.2, 0) is 11.3 Å². The number of carbonyl (C=O) groups excluding carboxylic acids is 1. The molecule has 1 aromatic carbocycles. The van der Waals surface area contributed by atoms with Crippen molar-refractivity contribution in [2.75, 3.05) is 6.54 Å². The lowest BCUT2D eigenvalue weighted by Crippen LogP contribution is -2.32. The normalized spacial score (nSPS) is 16.1. The summed E-state index contributed by atoms with van der Waals surface area (Å²) in [6, 6.07) is 8.88. The zero-order valence-corrected chi connectivity index (χ0v) is 12.4. The van der Waals surface area contributed by atoms with Gasteiger partial charge < -0.3 is 10.6 Å². The Labute approximate surface area is 119 Å². The van der Waals surface area contributed by atoms with Gasteiger partial charge in [0.1, 0.15) is 0 Å². The van der Waals surface area contributed by atoms with E-state index in [4.69, 9.17) is 0 Å². The Bertz CT molecular complexity index is 415. The fourth-order valence-corrected chi connectivity index (χ4v) is 2.64. The number of carbonyl (C=O) groups is 1. The van der Waals surface area contributed by atoms with Crippen LogP contribution in [0.25, 0.3) is 0 Å². The molecule has 1 unspecified atom stereocenters. The SMILES string of the molecule is CCNCc1ccc(SC(C)C(=O)NC2CC2)cc1. The number of rotatable bonds is 7. The lowest BCUT2D eigenvalue weighted by molar-refractivity contribution is -0.120. The van der Waals surface area contributed by atoms with Gasteiger partial charge in [0.05, 0.1) is 5.25 Å². The van der Waals surface area contributed by atoms with E-state index in [0.717, 1.165) is 30.8 Å². The maximum atomic E-state index is 11.9. The van der Waals surface area contributed by atoms with Gasteiger partial charge >= 0.3 is 0 Å². The molecule has 0 spiro atoms. The van der Waals surface area contributed by atoms with E-state index in [-0.39, 0.29) is 11.2 Å². The first-order chi connectivity index (χ1) is 9.19. The van der Waals surface area contributed by atoms with Crippen LogP contribution in [0.5, 0.6) is 0 Å². The second kappa shape index (κ2) is 6.96. The van der Waals surface area contributed by atoms with Crippen LogP contribution in [0.2, 0.25) is 0 Å². The molecule has 1 fully saturated rings. The minimum atomic E-state index is -0.0276. The highest BCUT2D eigenvalue weighted by molar-refractivity contribution is 8.00. The maximum Gasteiger partial charge on any atom is 0.233 e. The smallest absolute Gasteiger partial charge is 0.233 e. The van der Waals surface area contributed by atoms with Gasteiger partial charge in [-0.2, -0.15) is 0 Å². The van der Waals surface area contributed by atoms with Crippen molar-refractivity contribution < 1.29 is 4.79 Å². The molecule has 0 heterocycles. The van der Waals surface area contributed by atoms with E-state index < -0.39 is 0 Å². The average molecular weight is 278 g/mol. The number of thioether (sulfide) groups is 1. The number of nitrogens with one attached hydrogen (secondary N) is 2. The van der Waals surface area contributed by atoms with E-state index in [9.17, 15) is 4.79 Å². The Hall–Kier alpha value is -1.00. The summed E-state index contributed by atoms with van der Waals surface area (Å²) in [4.78, 5) is 13.0. The van der Waals surface area contributed by atoms with Gasteiger partial charge in [0.2, 0.25) is 5.91 Å². The summed E-state index contributed by atoms with van der Waals surface area (Å²) in [6.07, 6.45) is 2.28. The molecule has 19 heavy (non-hydrogen) atoms. The van der Waals surface area contributed by atoms with E-state index in [2.05, 4.69) is 41.8 Å². The molecular weight excluding hydrogens is 256 g/mol. The van der Waals surface area contributed by atoms with Crippen LogP contribution in [0.4, 0.5) is 0 Å². The molecule has 0 aromatic heterocycles. The van der Waals surface area contributed by atoms with Crippen molar-refractivity contribution in [2.24, 2.45) is 0 Å². The second-order valence-electron chi connectivity index (χ2n) is 4.97. The fourth-order valence-electron chi connectivity index (χ4n) is 1.76. The van der Waals surface area contributed by atoms with Crippen LogP contribution in [0.15, 0.2) is 29.2 Å². The molecule has 3 nitrogen and oxygen atoms in total. The van der Waals surface area contributed by atoms with Gasteiger partial charge in [0, 0.05) is 17.5 Å². The molecule has 0 bridgehead atoms. The lowest BCUT2D eigenvalue weighted by atomic mass is 10.2. The van der Waals surface area contributed by atoms with Gasteiger partial charge in [-0.15, -0.1) is 11.8 Å². The standard InChI is InChI=1S/C15H22N2OS/c1-3-16-10-12-4-8-14(9-5-12)19-11(2)15(18)17-13-6-7-13/h4-5,8-9,11,13,16H,3,6-7,10H2,1-2H3,(H,17,18). The summed E-state index contributed by atoms with van der Waals surface area (Å²) in [5.41, 5.74) is 1.28. The van der Waals surface area contributed by atoms with E-state index in [0.29, 0.717) is 6.04 Å². The van der Waals surface area contributed by atoms with Crippen molar-refractivity contribution in [3.05, 3.63) is 29.8 Å². The fraction of sp³-hybridized carbons (Fsp3) is 0.533. The van der Waals surface area contributed by atoms with Gasteiger partial charge in [0.15, 0.2) is 0 Å². The van der Waals surface area contributed by atoms with Crippen molar-refractivity contribution >= 4 is 17.7 Å².